The molecule has 1 atom stereocenters. The Hall–Kier alpha value is -1.96. The number of hydrogen-bond acceptors (Lipinski definition) is 2. The van der Waals surface area contributed by atoms with Gasteiger partial charge in [-0.2, -0.15) is 0 Å². The van der Waals surface area contributed by atoms with E-state index in [1.807, 2.05) is 0 Å². The average molecular weight is 509 g/mol. The molecule has 2 N–H and O–H groups in total. The maximum atomic E-state index is 11.7. The monoisotopic (exact) mass is 508 g/mol. The van der Waals surface area contributed by atoms with Crippen LogP contribution < -0.4 is 0 Å². The maximum Gasteiger partial charge on any atom is 0.123 e. The SMILES string of the molecule is CCC(C)(C)c1ccc(CC(C)c2ccc(C(C)(C)CC)c(O)c2C(C)(C)CC)c(C(C)(C)CC)c1O. The van der Waals surface area contributed by atoms with Gasteiger partial charge in [-0.3, -0.25) is 0 Å². The van der Waals surface area contributed by atoms with Crippen molar-refractivity contribution in [1.82, 2.24) is 0 Å². The summed E-state index contributed by atoms with van der Waals surface area (Å²) in [5, 5.41) is 23.4. The molecule has 0 amide bonds. The minimum atomic E-state index is -0.143. The minimum Gasteiger partial charge on any atom is -0.507 e. The second-order valence-corrected chi connectivity index (χ2v) is 14.0. The second-order valence-electron chi connectivity index (χ2n) is 14.0. The topological polar surface area (TPSA) is 40.5 Å². The molecule has 0 aliphatic rings. The third kappa shape index (κ3) is 6.04. The minimum absolute atomic E-state index is 0.0845. The van der Waals surface area contributed by atoms with E-state index in [2.05, 4.69) is 114 Å². The van der Waals surface area contributed by atoms with Crippen LogP contribution in [0.1, 0.15) is 155 Å². The van der Waals surface area contributed by atoms with Crippen molar-refractivity contribution >= 4 is 0 Å². The lowest BCUT2D eigenvalue weighted by Crippen LogP contribution is -2.25. The molecular formula is C35H56O2. The van der Waals surface area contributed by atoms with Crippen molar-refractivity contribution < 1.29 is 10.2 Å². The molecule has 0 saturated heterocycles. The van der Waals surface area contributed by atoms with Gasteiger partial charge in [-0.15, -0.1) is 0 Å². The molecule has 2 aromatic carbocycles. The van der Waals surface area contributed by atoms with Crippen molar-refractivity contribution in [1.29, 1.82) is 0 Å². The normalized spacial score (nSPS) is 14.2. The van der Waals surface area contributed by atoms with Crippen LogP contribution in [0.15, 0.2) is 24.3 Å². The third-order valence-corrected chi connectivity index (χ3v) is 9.88. The molecule has 208 valence electrons. The van der Waals surface area contributed by atoms with E-state index in [0.29, 0.717) is 11.5 Å². The third-order valence-electron chi connectivity index (χ3n) is 9.88. The van der Waals surface area contributed by atoms with Crippen LogP contribution in [-0.2, 0) is 28.1 Å². The summed E-state index contributed by atoms with van der Waals surface area (Å²) >= 11 is 0. The molecule has 0 radical (unpaired) electrons. The zero-order chi connectivity index (χ0) is 28.6. The van der Waals surface area contributed by atoms with Crippen LogP contribution in [-0.4, -0.2) is 10.2 Å². The number of phenolic OH excluding ortho intramolecular Hbond substituents is 2. The molecule has 2 rings (SSSR count). The van der Waals surface area contributed by atoms with Gasteiger partial charge in [0.05, 0.1) is 0 Å². The highest BCUT2D eigenvalue weighted by molar-refractivity contribution is 5.55. The maximum absolute atomic E-state index is 11.7. The highest BCUT2D eigenvalue weighted by Crippen LogP contribution is 2.48. The zero-order valence-corrected chi connectivity index (χ0v) is 26.3. The van der Waals surface area contributed by atoms with Crippen LogP contribution in [0.25, 0.3) is 0 Å². The molecule has 1 unspecified atom stereocenters. The predicted molar refractivity (Wildman–Crippen MR) is 162 cm³/mol. The van der Waals surface area contributed by atoms with Crippen molar-refractivity contribution in [2.45, 2.75) is 150 Å². The molecule has 2 nitrogen and oxygen atoms in total. The van der Waals surface area contributed by atoms with Crippen LogP contribution in [0.2, 0.25) is 0 Å². The first kappa shape index (κ1) is 31.3. The lowest BCUT2D eigenvalue weighted by molar-refractivity contribution is 0.393. The van der Waals surface area contributed by atoms with Crippen LogP contribution in [0, 0.1) is 0 Å². The number of phenols is 2. The van der Waals surface area contributed by atoms with Crippen molar-refractivity contribution in [3.8, 4) is 11.5 Å². The lowest BCUT2D eigenvalue weighted by atomic mass is 9.70. The van der Waals surface area contributed by atoms with Gasteiger partial charge in [0.25, 0.3) is 0 Å². The van der Waals surface area contributed by atoms with Crippen LogP contribution in [0.5, 0.6) is 11.5 Å². The fraction of sp³-hybridized carbons (Fsp3) is 0.657. The molecule has 0 saturated carbocycles. The Bertz CT molecular complexity index is 1080. The molecule has 0 aliphatic carbocycles. The van der Waals surface area contributed by atoms with Crippen molar-refractivity contribution in [2.75, 3.05) is 0 Å². The Morgan fingerprint density at radius 3 is 1.38 bits per heavy atom. The molecule has 0 aromatic heterocycles. The number of aromatic hydroxyl groups is 2. The smallest absolute Gasteiger partial charge is 0.123 e. The van der Waals surface area contributed by atoms with Crippen LogP contribution >= 0.6 is 0 Å². The summed E-state index contributed by atoms with van der Waals surface area (Å²) in [4.78, 5) is 0. The standard InChI is InChI=1S/C35H56O2/c1-14-32(6,7)26-20-18-24(28(30(26)36)34(10,11)16-3)22-23(5)25-19-21-27(33(8,9)15-2)31(37)29(25)35(12,13)17-4/h18-21,23,36-37H,14-17,22H2,1-13H3. The average Bonchev–Trinajstić information content (AvgIpc) is 2.83. The highest BCUT2D eigenvalue weighted by Gasteiger charge is 2.34. The largest absolute Gasteiger partial charge is 0.507 e. The van der Waals surface area contributed by atoms with Gasteiger partial charge in [0, 0.05) is 11.1 Å². The summed E-state index contributed by atoms with van der Waals surface area (Å²) in [6.45, 7) is 28.9. The summed E-state index contributed by atoms with van der Waals surface area (Å²) in [5.74, 6) is 1.14. The van der Waals surface area contributed by atoms with E-state index in [0.717, 1.165) is 54.4 Å². The highest BCUT2D eigenvalue weighted by atomic mass is 16.3. The summed E-state index contributed by atoms with van der Waals surface area (Å²) in [7, 11) is 0. The lowest BCUT2D eigenvalue weighted by Gasteiger charge is -2.35. The summed E-state index contributed by atoms with van der Waals surface area (Å²) in [6, 6.07) is 8.83. The van der Waals surface area contributed by atoms with E-state index < -0.39 is 0 Å². The summed E-state index contributed by atoms with van der Waals surface area (Å²) < 4.78 is 0. The van der Waals surface area contributed by atoms with E-state index in [9.17, 15) is 10.2 Å². The molecule has 0 aliphatic heterocycles. The van der Waals surface area contributed by atoms with Gasteiger partial charge >= 0.3 is 0 Å². The Morgan fingerprint density at radius 2 is 0.946 bits per heavy atom. The van der Waals surface area contributed by atoms with Gasteiger partial charge in [0.2, 0.25) is 0 Å². The molecule has 0 heterocycles. The quantitative estimate of drug-likeness (QED) is 0.317. The first-order valence-electron chi connectivity index (χ1n) is 14.6. The van der Waals surface area contributed by atoms with Crippen molar-refractivity contribution in [3.05, 3.63) is 57.6 Å². The molecule has 37 heavy (non-hydrogen) atoms. The first-order valence-corrected chi connectivity index (χ1v) is 14.6. The van der Waals surface area contributed by atoms with Crippen molar-refractivity contribution in [2.24, 2.45) is 0 Å². The fourth-order valence-electron chi connectivity index (χ4n) is 5.55. The van der Waals surface area contributed by atoms with Gasteiger partial charge < -0.3 is 10.2 Å². The Kier molecular flexibility index (Phi) is 9.32. The van der Waals surface area contributed by atoms with Gasteiger partial charge in [0.15, 0.2) is 0 Å². The Balaban J connectivity index is 2.75. The zero-order valence-electron chi connectivity index (χ0n) is 26.3. The molecule has 0 bridgehead atoms. The predicted octanol–water partition coefficient (Wildman–Crippen LogP) is 10.2. The van der Waals surface area contributed by atoms with E-state index in [1.54, 1.807) is 0 Å². The molecule has 2 aromatic rings. The fourth-order valence-corrected chi connectivity index (χ4v) is 5.55. The summed E-state index contributed by atoms with van der Waals surface area (Å²) in [6.07, 6.45) is 4.66. The van der Waals surface area contributed by atoms with E-state index in [-0.39, 0.29) is 27.6 Å². The Labute approximate surface area is 228 Å². The molecular weight excluding hydrogens is 452 g/mol. The molecule has 0 spiro atoms. The number of hydrogen-bond donors (Lipinski definition) is 2. The van der Waals surface area contributed by atoms with E-state index >= 15 is 0 Å². The molecule has 0 fully saturated rings. The first-order chi connectivity index (χ1) is 16.9. The van der Waals surface area contributed by atoms with Crippen molar-refractivity contribution in [3.63, 3.8) is 0 Å². The summed E-state index contributed by atoms with van der Waals surface area (Å²) in [5.41, 5.74) is 6.24. The molecule has 2 heteroatoms. The van der Waals surface area contributed by atoms with E-state index in [1.165, 1.54) is 11.1 Å². The second kappa shape index (κ2) is 11.0. The van der Waals surface area contributed by atoms with Gasteiger partial charge in [-0.25, -0.2) is 0 Å². The van der Waals surface area contributed by atoms with Crippen LogP contribution in [0.4, 0.5) is 0 Å². The van der Waals surface area contributed by atoms with Gasteiger partial charge in [0.1, 0.15) is 11.5 Å². The number of rotatable bonds is 11. The van der Waals surface area contributed by atoms with Gasteiger partial charge in [-0.05, 0) is 81.9 Å². The van der Waals surface area contributed by atoms with E-state index in [4.69, 9.17) is 0 Å². The van der Waals surface area contributed by atoms with Crippen LogP contribution in [0.3, 0.4) is 0 Å². The Morgan fingerprint density at radius 1 is 0.568 bits per heavy atom. The number of benzene rings is 2. The van der Waals surface area contributed by atoms with Gasteiger partial charge in [-0.1, -0.05) is 114 Å².